The molecule has 2 aromatic rings. The highest BCUT2D eigenvalue weighted by Crippen LogP contribution is 2.18. The minimum atomic E-state index is 0.0737. The van der Waals surface area contributed by atoms with Crippen molar-refractivity contribution in [3.05, 3.63) is 39.3 Å². The van der Waals surface area contributed by atoms with E-state index in [1.807, 2.05) is 36.3 Å². The fourth-order valence-corrected chi connectivity index (χ4v) is 2.91. The topological polar surface area (TPSA) is 38.1 Å². The minimum Gasteiger partial charge on any atom is -0.337 e. The van der Waals surface area contributed by atoms with Gasteiger partial charge in [0.25, 0.3) is 5.91 Å². The molecule has 0 unspecified atom stereocenters. The van der Waals surface area contributed by atoms with Crippen LogP contribution in [-0.4, -0.2) is 27.6 Å². The lowest BCUT2D eigenvalue weighted by Gasteiger charge is -2.15. The van der Waals surface area contributed by atoms with Crippen molar-refractivity contribution in [3.8, 4) is 0 Å². The Morgan fingerprint density at radius 1 is 1.45 bits per heavy atom. The number of carbonyl (C=O) groups is 1. The second-order valence-corrected chi connectivity index (χ2v) is 5.91. The van der Waals surface area contributed by atoms with Crippen LogP contribution in [0.25, 0.3) is 0 Å². The molecule has 0 saturated heterocycles. The van der Waals surface area contributed by atoms with Crippen LogP contribution in [0, 0.1) is 6.92 Å². The highest BCUT2D eigenvalue weighted by Gasteiger charge is 2.15. The lowest BCUT2D eigenvalue weighted by molar-refractivity contribution is 0.0785. The van der Waals surface area contributed by atoms with E-state index in [0.717, 1.165) is 29.8 Å². The Bertz CT molecular complexity index is 600. The van der Waals surface area contributed by atoms with Gasteiger partial charge in [-0.25, -0.2) is 0 Å². The van der Waals surface area contributed by atoms with E-state index in [1.165, 1.54) is 4.88 Å². The third-order valence-corrected chi connectivity index (χ3v) is 4.46. The van der Waals surface area contributed by atoms with E-state index in [1.54, 1.807) is 16.2 Å². The van der Waals surface area contributed by atoms with E-state index in [0.29, 0.717) is 6.54 Å². The van der Waals surface area contributed by atoms with Crippen LogP contribution in [0.2, 0.25) is 0 Å². The van der Waals surface area contributed by atoms with Crippen molar-refractivity contribution in [3.63, 3.8) is 0 Å². The number of aromatic nitrogens is 2. The van der Waals surface area contributed by atoms with Crippen molar-refractivity contribution >= 4 is 17.2 Å². The zero-order valence-corrected chi connectivity index (χ0v) is 13.3. The second-order valence-electron chi connectivity index (χ2n) is 4.91. The highest BCUT2D eigenvalue weighted by molar-refractivity contribution is 7.10. The SMILES string of the molecule is CCc1cc(C(=O)N(C)Cc2cn(CC)nc2C)cs1. The van der Waals surface area contributed by atoms with Gasteiger partial charge < -0.3 is 4.90 Å². The van der Waals surface area contributed by atoms with Crippen molar-refractivity contribution in [2.75, 3.05) is 7.05 Å². The van der Waals surface area contributed by atoms with Crippen LogP contribution in [-0.2, 0) is 19.5 Å². The molecule has 20 heavy (non-hydrogen) atoms. The summed E-state index contributed by atoms with van der Waals surface area (Å²) in [6, 6.07) is 1.99. The molecule has 0 aromatic carbocycles. The monoisotopic (exact) mass is 291 g/mol. The van der Waals surface area contributed by atoms with Crippen LogP contribution in [0.5, 0.6) is 0 Å². The van der Waals surface area contributed by atoms with Gasteiger partial charge >= 0.3 is 0 Å². The Morgan fingerprint density at radius 2 is 2.20 bits per heavy atom. The van der Waals surface area contributed by atoms with Crippen LogP contribution >= 0.6 is 11.3 Å². The zero-order valence-electron chi connectivity index (χ0n) is 12.5. The molecule has 4 nitrogen and oxygen atoms in total. The second kappa shape index (κ2) is 6.22. The Hall–Kier alpha value is -1.62. The first kappa shape index (κ1) is 14.8. The largest absolute Gasteiger partial charge is 0.337 e. The molecule has 0 radical (unpaired) electrons. The lowest BCUT2D eigenvalue weighted by Crippen LogP contribution is -2.25. The number of hydrogen-bond acceptors (Lipinski definition) is 3. The van der Waals surface area contributed by atoms with Crippen LogP contribution in [0.15, 0.2) is 17.6 Å². The first-order valence-electron chi connectivity index (χ1n) is 6.91. The maximum absolute atomic E-state index is 12.4. The Labute approximate surface area is 124 Å². The predicted octanol–water partition coefficient (Wildman–Crippen LogP) is 3.11. The van der Waals surface area contributed by atoms with E-state index in [2.05, 4.69) is 18.9 Å². The van der Waals surface area contributed by atoms with Crippen molar-refractivity contribution < 1.29 is 4.79 Å². The Balaban J connectivity index is 2.08. The molecule has 0 bridgehead atoms. The van der Waals surface area contributed by atoms with Crippen LogP contribution in [0.4, 0.5) is 0 Å². The van der Waals surface area contributed by atoms with E-state index < -0.39 is 0 Å². The van der Waals surface area contributed by atoms with E-state index >= 15 is 0 Å². The Morgan fingerprint density at radius 3 is 2.75 bits per heavy atom. The third-order valence-electron chi connectivity index (χ3n) is 3.38. The van der Waals surface area contributed by atoms with E-state index in [9.17, 15) is 4.79 Å². The summed E-state index contributed by atoms with van der Waals surface area (Å²) < 4.78 is 1.91. The molecule has 2 rings (SSSR count). The molecule has 0 aliphatic heterocycles. The standard InChI is InChI=1S/C15H21N3OS/c1-5-14-7-12(10-20-14)15(19)17(4)8-13-9-18(6-2)16-11(13)3/h7,9-10H,5-6,8H2,1-4H3. The van der Waals surface area contributed by atoms with Gasteiger partial charge in [0, 0.05) is 42.2 Å². The molecule has 1 amide bonds. The van der Waals surface area contributed by atoms with Gasteiger partial charge in [-0.2, -0.15) is 5.10 Å². The molecule has 0 atom stereocenters. The number of hydrogen-bond donors (Lipinski definition) is 0. The first-order chi connectivity index (χ1) is 9.55. The smallest absolute Gasteiger partial charge is 0.254 e. The summed E-state index contributed by atoms with van der Waals surface area (Å²) in [4.78, 5) is 15.4. The quantitative estimate of drug-likeness (QED) is 0.849. The first-order valence-corrected chi connectivity index (χ1v) is 7.78. The van der Waals surface area contributed by atoms with Crippen molar-refractivity contribution in [1.82, 2.24) is 14.7 Å². The Kier molecular flexibility index (Phi) is 4.60. The average Bonchev–Trinajstić information content (AvgIpc) is 3.05. The number of aryl methyl sites for hydroxylation is 3. The normalized spacial score (nSPS) is 10.8. The summed E-state index contributed by atoms with van der Waals surface area (Å²) >= 11 is 1.65. The summed E-state index contributed by atoms with van der Waals surface area (Å²) in [5, 5.41) is 6.36. The van der Waals surface area contributed by atoms with Gasteiger partial charge in [0.15, 0.2) is 0 Å². The fraction of sp³-hybridized carbons (Fsp3) is 0.467. The highest BCUT2D eigenvalue weighted by atomic mass is 32.1. The maximum atomic E-state index is 12.4. The molecule has 0 spiro atoms. The fourth-order valence-electron chi connectivity index (χ4n) is 2.10. The minimum absolute atomic E-state index is 0.0737. The predicted molar refractivity (Wildman–Crippen MR) is 82.1 cm³/mol. The molecule has 5 heteroatoms. The van der Waals surface area contributed by atoms with Crippen molar-refractivity contribution in [1.29, 1.82) is 0 Å². The molecule has 2 heterocycles. The van der Waals surface area contributed by atoms with Gasteiger partial charge in [0.1, 0.15) is 0 Å². The molecule has 2 aromatic heterocycles. The molecule has 0 fully saturated rings. The molecule has 0 aliphatic carbocycles. The number of amides is 1. The van der Waals surface area contributed by atoms with Crippen LogP contribution in [0.1, 0.15) is 40.3 Å². The van der Waals surface area contributed by atoms with Gasteiger partial charge in [-0.05, 0) is 26.3 Å². The summed E-state index contributed by atoms with van der Waals surface area (Å²) in [7, 11) is 1.84. The lowest BCUT2D eigenvalue weighted by atomic mass is 10.2. The van der Waals surface area contributed by atoms with E-state index in [4.69, 9.17) is 0 Å². The van der Waals surface area contributed by atoms with Crippen LogP contribution < -0.4 is 0 Å². The third kappa shape index (κ3) is 3.10. The molecular weight excluding hydrogens is 270 g/mol. The maximum Gasteiger partial charge on any atom is 0.254 e. The molecular formula is C15H21N3OS. The number of thiophene rings is 1. The molecule has 0 saturated carbocycles. The van der Waals surface area contributed by atoms with Gasteiger partial charge in [0.2, 0.25) is 0 Å². The van der Waals surface area contributed by atoms with Gasteiger partial charge in [-0.1, -0.05) is 6.92 Å². The molecule has 0 aliphatic rings. The van der Waals surface area contributed by atoms with Gasteiger partial charge in [-0.15, -0.1) is 11.3 Å². The number of nitrogens with zero attached hydrogens (tertiary/aromatic N) is 3. The summed E-state index contributed by atoms with van der Waals surface area (Å²) in [6.45, 7) is 7.60. The van der Waals surface area contributed by atoms with Gasteiger partial charge in [0.05, 0.1) is 11.3 Å². The van der Waals surface area contributed by atoms with Crippen molar-refractivity contribution in [2.45, 2.75) is 40.3 Å². The van der Waals surface area contributed by atoms with Crippen LogP contribution in [0.3, 0.4) is 0 Å². The summed E-state index contributed by atoms with van der Waals surface area (Å²) in [5.74, 6) is 0.0737. The van der Waals surface area contributed by atoms with E-state index in [-0.39, 0.29) is 5.91 Å². The molecule has 108 valence electrons. The zero-order chi connectivity index (χ0) is 14.7. The number of rotatable bonds is 5. The molecule has 0 N–H and O–H groups in total. The van der Waals surface area contributed by atoms with Gasteiger partial charge in [-0.3, -0.25) is 9.48 Å². The van der Waals surface area contributed by atoms with Crippen molar-refractivity contribution in [2.24, 2.45) is 0 Å². The average molecular weight is 291 g/mol. The summed E-state index contributed by atoms with van der Waals surface area (Å²) in [5.41, 5.74) is 2.88. The number of carbonyl (C=O) groups excluding carboxylic acids is 1. The summed E-state index contributed by atoms with van der Waals surface area (Å²) in [6.07, 6.45) is 2.99.